The van der Waals surface area contributed by atoms with E-state index in [0.29, 0.717) is 12.4 Å². The third kappa shape index (κ3) is 3.05. The second-order valence-corrected chi connectivity index (χ2v) is 2.82. The zero-order valence-corrected chi connectivity index (χ0v) is 7.60. The van der Waals surface area contributed by atoms with Gasteiger partial charge in [0.1, 0.15) is 12.4 Å². The van der Waals surface area contributed by atoms with Crippen LogP contribution in [0.15, 0.2) is 24.3 Å². The molecule has 1 atom stereocenters. The van der Waals surface area contributed by atoms with Gasteiger partial charge in [0.05, 0.1) is 12.7 Å². The van der Waals surface area contributed by atoms with E-state index in [4.69, 9.17) is 9.84 Å². The molecule has 0 amide bonds. The van der Waals surface area contributed by atoms with E-state index in [1.807, 2.05) is 0 Å². The number of hydrogen-bond donors (Lipinski definition) is 2. The highest BCUT2D eigenvalue weighted by Crippen LogP contribution is 2.16. The summed E-state index contributed by atoms with van der Waals surface area (Å²) in [5.74, 6) is 0.707. The van der Waals surface area contributed by atoms with Gasteiger partial charge in [-0.15, -0.1) is 0 Å². The van der Waals surface area contributed by atoms with E-state index in [-0.39, 0.29) is 6.61 Å². The van der Waals surface area contributed by atoms with Crippen LogP contribution < -0.4 is 4.74 Å². The summed E-state index contributed by atoms with van der Waals surface area (Å²) in [4.78, 5) is 0. The topological polar surface area (TPSA) is 49.7 Å². The Balaban J connectivity index is 2.59. The van der Waals surface area contributed by atoms with Crippen LogP contribution in [-0.2, 0) is 0 Å². The highest BCUT2D eigenvalue weighted by molar-refractivity contribution is 5.28. The fraction of sp³-hybridized carbons (Fsp3) is 0.400. The van der Waals surface area contributed by atoms with E-state index in [9.17, 15) is 5.11 Å². The van der Waals surface area contributed by atoms with Crippen LogP contribution >= 0.6 is 0 Å². The van der Waals surface area contributed by atoms with Crippen molar-refractivity contribution in [1.82, 2.24) is 0 Å². The maximum absolute atomic E-state index is 9.21. The van der Waals surface area contributed by atoms with Crippen LogP contribution in [0.3, 0.4) is 0 Å². The Hall–Kier alpha value is -1.06. The lowest BCUT2D eigenvalue weighted by molar-refractivity contribution is 0.196. The number of benzene rings is 1. The molecular weight excluding hydrogens is 168 g/mol. The van der Waals surface area contributed by atoms with Gasteiger partial charge in [-0.2, -0.15) is 0 Å². The van der Waals surface area contributed by atoms with E-state index < -0.39 is 6.10 Å². The molecule has 3 heteroatoms. The van der Waals surface area contributed by atoms with Crippen LogP contribution in [-0.4, -0.2) is 23.4 Å². The van der Waals surface area contributed by atoms with Crippen molar-refractivity contribution in [3.63, 3.8) is 0 Å². The summed E-state index contributed by atoms with van der Waals surface area (Å²) < 4.78 is 5.16. The van der Waals surface area contributed by atoms with Crippen molar-refractivity contribution in [3.05, 3.63) is 29.8 Å². The van der Waals surface area contributed by atoms with Gasteiger partial charge in [-0.3, -0.25) is 0 Å². The minimum Gasteiger partial charge on any atom is -0.491 e. The minimum atomic E-state index is -0.452. The SMILES string of the molecule is C[C@@H](O)c1ccc(OCCO)cc1. The normalized spacial score (nSPS) is 12.5. The van der Waals surface area contributed by atoms with E-state index in [0.717, 1.165) is 5.56 Å². The summed E-state index contributed by atoms with van der Waals surface area (Å²) in [5, 5.41) is 17.7. The van der Waals surface area contributed by atoms with Crippen LogP contribution in [0.4, 0.5) is 0 Å². The summed E-state index contributed by atoms with van der Waals surface area (Å²) in [6, 6.07) is 7.16. The highest BCUT2D eigenvalue weighted by atomic mass is 16.5. The molecule has 0 saturated carbocycles. The van der Waals surface area contributed by atoms with Crippen molar-refractivity contribution < 1.29 is 14.9 Å². The van der Waals surface area contributed by atoms with Crippen molar-refractivity contribution in [2.75, 3.05) is 13.2 Å². The molecule has 0 fully saturated rings. The zero-order chi connectivity index (χ0) is 9.68. The van der Waals surface area contributed by atoms with Gasteiger partial charge >= 0.3 is 0 Å². The predicted octanol–water partition coefficient (Wildman–Crippen LogP) is 1.11. The molecule has 0 heterocycles. The summed E-state index contributed by atoms with van der Waals surface area (Å²) in [5.41, 5.74) is 0.858. The maximum Gasteiger partial charge on any atom is 0.119 e. The molecule has 0 bridgehead atoms. The van der Waals surface area contributed by atoms with Gasteiger partial charge in [-0.25, -0.2) is 0 Å². The largest absolute Gasteiger partial charge is 0.491 e. The quantitative estimate of drug-likeness (QED) is 0.733. The third-order valence-electron chi connectivity index (χ3n) is 1.72. The number of rotatable bonds is 4. The highest BCUT2D eigenvalue weighted by Gasteiger charge is 1.99. The van der Waals surface area contributed by atoms with E-state index >= 15 is 0 Å². The van der Waals surface area contributed by atoms with Crippen LogP contribution in [0.5, 0.6) is 5.75 Å². The monoisotopic (exact) mass is 182 g/mol. The van der Waals surface area contributed by atoms with E-state index in [1.54, 1.807) is 31.2 Å². The maximum atomic E-state index is 9.21. The molecule has 0 saturated heterocycles. The van der Waals surface area contributed by atoms with Crippen LogP contribution in [0.1, 0.15) is 18.6 Å². The molecule has 2 N–H and O–H groups in total. The lowest BCUT2D eigenvalue weighted by Crippen LogP contribution is -2.01. The van der Waals surface area contributed by atoms with Crippen molar-refractivity contribution in [2.24, 2.45) is 0 Å². The Labute approximate surface area is 77.6 Å². The summed E-state index contributed by atoms with van der Waals surface area (Å²) in [6.07, 6.45) is -0.452. The van der Waals surface area contributed by atoms with Gasteiger partial charge in [-0.1, -0.05) is 12.1 Å². The zero-order valence-electron chi connectivity index (χ0n) is 7.60. The molecule has 0 aliphatic heterocycles. The first-order valence-corrected chi connectivity index (χ1v) is 4.25. The van der Waals surface area contributed by atoms with E-state index in [2.05, 4.69) is 0 Å². The number of aliphatic hydroxyl groups is 2. The lowest BCUT2D eigenvalue weighted by Gasteiger charge is -2.06. The average molecular weight is 182 g/mol. The van der Waals surface area contributed by atoms with Crippen LogP contribution in [0.2, 0.25) is 0 Å². The van der Waals surface area contributed by atoms with Crippen molar-refractivity contribution >= 4 is 0 Å². The fourth-order valence-electron chi connectivity index (χ4n) is 1.01. The summed E-state index contributed by atoms with van der Waals surface area (Å²) in [7, 11) is 0. The van der Waals surface area contributed by atoms with E-state index in [1.165, 1.54) is 0 Å². The second kappa shape index (κ2) is 4.84. The molecule has 0 radical (unpaired) electrons. The Morgan fingerprint density at radius 1 is 1.31 bits per heavy atom. The molecular formula is C10H14O3. The smallest absolute Gasteiger partial charge is 0.119 e. The average Bonchev–Trinajstić information content (AvgIpc) is 2.15. The van der Waals surface area contributed by atoms with Gasteiger partial charge in [0.25, 0.3) is 0 Å². The number of hydrogen-bond acceptors (Lipinski definition) is 3. The van der Waals surface area contributed by atoms with Gasteiger partial charge < -0.3 is 14.9 Å². The van der Waals surface area contributed by atoms with Gasteiger partial charge in [-0.05, 0) is 24.6 Å². The molecule has 1 aromatic rings. The van der Waals surface area contributed by atoms with Crippen molar-refractivity contribution in [3.8, 4) is 5.75 Å². The standard InChI is InChI=1S/C10H14O3/c1-8(12)9-2-4-10(5-3-9)13-7-6-11/h2-5,8,11-12H,6-7H2,1H3/t8-/m1/s1. The lowest BCUT2D eigenvalue weighted by atomic mass is 10.1. The van der Waals surface area contributed by atoms with Crippen molar-refractivity contribution in [2.45, 2.75) is 13.0 Å². The molecule has 0 unspecified atom stereocenters. The Kier molecular flexibility index (Phi) is 3.73. The Morgan fingerprint density at radius 3 is 2.38 bits per heavy atom. The van der Waals surface area contributed by atoms with Gasteiger partial charge in [0, 0.05) is 0 Å². The minimum absolute atomic E-state index is 0.0121. The van der Waals surface area contributed by atoms with Crippen molar-refractivity contribution in [1.29, 1.82) is 0 Å². The molecule has 72 valence electrons. The van der Waals surface area contributed by atoms with Crippen LogP contribution in [0.25, 0.3) is 0 Å². The first kappa shape index (κ1) is 10.0. The molecule has 0 aliphatic rings. The Bertz CT molecular complexity index is 241. The molecule has 0 aliphatic carbocycles. The first-order chi connectivity index (χ1) is 6.24. The molecule has 1 rings (SSSR count). The van der Waals surface area contributed by atoms with Gasteiger partial charge in [0.15, 0.2) is 0 Å². The summed E-state index contributed by atoms with van der Waals surface area (Å²) >= 11 is 0. The predicted molar refractivity (Wildman–Crippen MR) is 49.7 cm³/mol. The molecule has 3 nitrogen and oxygen atoms in total. The van der Waals surface area contributed by atoms with Crippen LogP contribution in [0, 0.1) is 0 Å². The molecule has 0 aromatic heterocycles. The van der Waals surface area contributed by atoms with Gasteiger partial charge in [0.2, 0.25) is 0 Å². The molecule has 1 aromatic carbocycles. The molecule has 13 heavy (non-hydrogen) atoms. The Morgan fingerprint density at radius 2 is 1.92 bits per heavy atom. The summed E-state index contributed by atoms with van der Waals surface area (Å²) in [6.45, 7) is 2.02. The third-order valence-corrected chi connectivity index (χ3v) is 1.72. The molecule has 0 spiro atoms. The second-order valence-electron chi connectivity index (χ2n) is 2.82. The number of ether oxygens (including phenoxy) is 1. The fourth-order valence-corrected chi connectivity index (χ4v) is 1.01. The first-order valence-electron chi connectivity index (χ1n) is 4.25. The number of aliphatic hydroxyl groups excluding tert-OH is 2.